The standard InChI is InChI=1S/C25H29N3O4S/c1-3-20-8-7-9-22(18-20)26-24(29)19-27(2)25(30)15-12-21-10-13-23(14-11-21)33(31,32)28-16-5-4-6-17-28/h1,7-11,13-14,18H,4-6,12,15-17,19H2,2H3,(H,26,29). The number of piperidine rings is 1. The fourth-order valence-corrected chi connectivity index (χ4v) is 5.23. The highest BCUT2D eigenvalue weighted by Crippen LogP contribution is 2.21. The Bertz CT molecular complexity index is 1130. The highest BCUT2D eigenvalue weighted by molar-refractivity contribution is 7.89. The van der Waals surface area contributed by atoms with Crippen molar-refractivity contribution >= 4 is 27.5 Å². The van der Waals surface area contributed by atoms with Crippen molar-refractivity contribution in [2.45, 2.75) is 37.0 Å². The van der Waals surface area contributed by atoms with Gasteiger partial charge in [-0.2, -0.15) is 4.31 Å². The van der Waals surface area contributed by atoms with Crippen LogP contribution in [0.5, 0.6) is 0 Å². The molecule has 2 aromatic carbocycles. The van der Waals surface area contributed by atoms with Crippen LogP contribution in [0.2, 0.25) is 0 Å². The van der Waals surface area contributed by atoms with Gasteiger partial charge >= 0.3 is 0 Å². The number of rotatable bonds is 8. The lowest BCUT2D eigenvalue weighted by atomic mass is 10.1. The molecule has 174 valence electrons. The predicted molar refractivity (Wildman–Crippen MR) is 128 cm³/mol. The molecule has 0 unspecified atom stereocenters. The summed E-state index contributed by atoms with van der Waals surface area (Å²) in [4.78, 5) is 26.4. The SMILES string of the molecule is C#Cc1cccc(NC(=O)CN(C)C(=O)CCc2ccc(S(=O)(=O)N3CCCCC3)cc2)c1. The maximum Gasteiger partial charge on any atom is 0.243 e. The van der Waals surface area contributed by atoms with Crippen LogP contribution < -0.4 is 5.32 Å². The van der Waals surface area contributed by atoms with Gasteiger partial charge in [0.25, 0.3) is 0 Å². The molecule has 0 saturated carbocycles. The topological polar surface area (TPSA) is 86.8 Å². The lowest BCUT2D eigenvalue weighted by Crippen LogP contribution is -2.35. The number of anilines is 1. The van der Waals surface area contributed by atoms with Gasteiger partial charge in [0.1, 0.15) is 0 Å². The Kier molecular flexibility index (Phi) is 8.26. The Morgan fingerprint density at radius 3 is 2.45 bits per heavy atom. The lowest BCUT2D eigenvalue weighted by Gasteiger charge is -2.25. The first kappa shape index (κ1) is 24.5. The summed E-state index contributed by atoms with van der Waals surface area (Å²) in [6.07, 6.45) is 8.89. The quantitative estimate of drug-likeness (QED) is 0.605. The van der Waals surface area contributed by atoms with E-state index in [0.717, 1.165) is 24.8 Å². The molecular formula is C25H29N3O4S. The second-order valence-electron chi connectivity index (χ2n) is 8.13. The van der Waals surface area contributed by atoms with E-state index in [2.05, 4.69) is 11.2 Å². The zero-order valence-electron chi connectivity index (χ0n) is 18.8. The average molecular weight is 468 g/mol. The van der Waals surface area contributed by atoms with Crippen molar-refractivity contribution in [1.82, 2.24) is 9.21 Å². The Balaban J connectivity index is 1.49. The molecule has 8 heteroatoms. The van der Waals surface area contributed by atoms with Crippen molar-refractivity contribution in [3.63, 3.8) is 0 Å². The minimum absolute atomic E-state index is 0.0773. The maximum absolute atomic E-state index is 12.7. The van der Waals surface area contributed by atoms with Crippen molar-refractivity contribution in [3.8, 4) is 12.3 Å². The smallest absolute Gasteiger partial charge is 0.243 e. The Morgan fingerprint density at radius 1 is 1.09 bits per heavy atom. The third-order valence-electron chi connectivity index (χ3n) is 5.62. The molecule has 1 N–H and O–H groups in total. The summed E-state index contributed by atoms with van der Waals surface area (Å²) in [5, 5.41) is 2.73. The predicted octanol–water partition coefficient (Wildman–Crippen LogP) is 2.87. The number of amides is 2. The van der Waals surface area contributed by atoms with E-state index in [-0.39, 0.29) is 29.7 Å². The van der Waals surface area contributed by atoms with E-state index >= 15 is 0 Å². The number of nitrogens with zero attached hydrogens (tertiary/aromatic N) is 2. The molecule has 3 rings (SSSR count). The van der Waals surface area contributed by atoms with E-state index in [1.54, 1.807) is 55.6 Å². The Morgan fingerprint density at radius 2 is 1.79 bits per heavy atom. The van der Waals surface area contributed by atoms with Crippen molar-refractivity contribution in [1.29, 1.82) is 0 Å². The monoisotopic (exact) mass is 467 g/mol. The van der Waals surface area contributed by atoms with Gasteiger partial charge in [-0.1, -0.05) is 30.5 Å². The maximum atomic E-state index is 12.7. The molecule has 1 aliphatic heterocycles. The Hall–Kier alpha value is -3.15. The van der Waals surface area contributed by atoms with Gasteiger partial charge in [-0.25, -0.2) is 8.42 Å². The summed E-state index contributed by atoms with van der Waals surface area (Å²) in [6, 6.07) is 13.6. The van der Waals surface area contributed by atoms with Gasteiger partial charge in [0.05, 0.1) is 11.4 Å². The van der Waals surface area contributed by atoms with Gasteiger partial charge in [-0.3, -0.25) is 9.59 Å². The molecule has 1 saturated heterocycles. The molecule has 0 radical (unpaired) electrons. The molecule has 0 aliphatic carbocycles. The van der Waals surface area contributed by atoms with Gasteiger partial charge < -0.3 is 10.2 Å². The van der Waals surface area contributed by atoms with Crippen LogP contribution >= 0.6 is 0 Å². The largest absolute Gasteiger partial charge is 0.336 e. The van der Waals surface area contributed by atoms with Gasteiger partial charge in [0.2, 0.25) is 21.8 Å². The number of sulfonamides is 1. The van der Waals surface area contributed by atoms with Gasteiger partial charge in [0, 0.05) is 37.8 Å². The summed E-state index contributed by atoms with van der Waals surface area (Å²) in [5.41, 5.74) is 2.10. The molecule has 0 aromatic heterocycles. The van der Waals surface area contributed by atoms with E-state index in [9.17, 15) is 18.0 Å². The van der Waals surface area contributed by atoms with Gasteiger partial charge in [0.15, 0.2) is 0 Å². The number of benzene rings is 2. The van der Waals surface area contributed by atoms with Crippen molar-refractivity contribution in [2.75, 3.05) is 32.0 Å². The average Bonchev–Trinajstić information content (AvgIpc) is 2.83. The first-order valence-electron chi connectivity index (χ1n) is 11.0. The molecule has 7 nitrogen and oxygen atoms in total. The molecule has 2 amide bonds. The van der Waals surface area contributed by atoms with Gasteiger partial charge in [-0.15, -0.1) is 6.42 Å². The zero-order valence-corrected chi connectivity index (χ0v) is 19.6. The number of likely N-dealkylation sites (N-methyl/N-ethyl adjacent to an activating group) is 1. The first-order valence-corrected chi connectivity index (χ1v) is 12.4. The summed E-state index contributed by atoms with van der Waals surface area (Å²) < 4.78 is 27.0. The Labute approximate surface area is 195 Å². The van der Waals surface area contributed by atoms with Crippen LogP contribution in [0, 0.1) is 12.3 Å². The van der Waals surface area contributed by atoms with Crippen LogP contribution in [0.15, 0.2) is 53.4 Å². The number of aryl methyl sites for hydroxylation is 1. The van der Waals surface area contributed by atoms with Crippen LogP contribution in [-0.4, -0.2) is 56.1 Å². The fraction of sp³-hybridized carbons (Fsp3) is 0.360. The summed E-state index contributed by atoms with van der Waals surface area (Å²) in [5.74, 6) is 2.02. The molecule has 1 aliphatic rings. The second kappa shape index (κ2) is 11.1. The van der Waals surface area contributed by atoms with Crippen LogP contribution in [0.3, 0.4) is 0 Å². The second-order valence-corrected chi connectivity index (χ2v) is 10.1. The van der Waals surface area contributed by atoms with Crippen LogP contribution in [0.25, 0.3) is 0 Å². The summed E-state index contributed by atoms with van der Waals surface area (Å²) >= 11 is 0. The molecular weight excluding hydrogens is 438 g/mol. The molecule has 2 aromatic rings. The minimum Gasteiger partial charge on any atom is -0.336 e. The van der Waals surface area contributed by atoms with Crippen molar-refractivity contribution in [2.24, 2.45) is 0 Å². The summed E-state index contributed by atoms with van der Waals surface area (Å²) in [6.45, 7) is 1.05. The zero-order chi connectivity index (χ0) is 23.8. The van der Waals surface area contributed by atoms with E-state index in [4.69, 9.17) is 6.42 Å². The van der Waals surface area contributed by atoms with E-state index in [1.165, 1.54) is 9.21 Å². The van der Waals surface area contributed by atoms with Crippen molar-refractivity contribution in [3.05, 3.63) is 59.7 Å². The number of carbonyl (C=O) groups is 2. The van der Waals surface area contributed by atoms with E-state index < -0.39 is 10.0 Å². The third-order valence-corrected chi connectivity index (χ3v) is 7.54. The van der Waals surface area contributed by atoms with Crippen LogP contribution in [-0.2, 0) is 26.0 Å². The molecule has 1 fully saturated rings. The first-order chi connectivity index (χ1) is 15.8. The van der Waals surface area contributed by atoms with E-state index in [0.29, 0.717) is 30.8 Å². The highest BCUT2D eigenvalue weighted by Gasteiger charge is 2.25. The molecule has 0 atom stereocenters. The van der Waals surface area contributed by atoms with Crippen LogP contribution in [0.1, 0.15) is 36.8 Å². The minimum atomic E-state index is -3.46. The molecule has 0 spiro atoms. The number of hydrogen-bond acceptors (Lipinski definition) is 4. The lowest BCUT2D eigenvalue weighted by molar-refractivity contribution is -0.133. The number of nitrogens with one attached hydrogen (secondary N) is 1. The summed E-state index contributed by atoms with van der Waals surface area (Å²) in [7, 11) is -1.89. The number of terminal acetylenes is 1. The fourth-order valence-electron chi connectivity index (χ4n) is 3.72. The van der Waals surface area contributed by atoms with Gasteiger partial charge in [-0.05, 0) is 55.2 Å². The molecule has 1 heterocycles. The van der Waals surface area contributed by atoms with Crippen LogP contribution in [0.4, 0.5) is 5.69 Å². The molecule has 33 heavy (non-hydrogen) atoms. The highest BCUT2D eigenvalue weighted by atomic mass is 32.2. The van der Waals surface area contributed by atoms with Crippen molar-refractivity contribution < 1.29 is 18.0 Å². The van der Waals surface area contributed by atoms with E-state index in [1.807, 2.05) is 0 Å². The number of carbonyl (C=O) groups excluding carboxylic acids is 2. The molecule has 0 bridgehead atoms. The number of hydrogen-bond donors (Lipinski definition) is 1. The normalized spacial score (nSPS) is 14.3. The third kappa shape index (κ3) is 6.67.